The Labute approximate surface area is 203 Å². The van der Waals surface area contributed by atoms with E-state index in [1.165, 1.54) is 34.8 Å². The lowest BCUT2D eigenvalue weighted by molar-refractivity contribution is -0.127. The molecule has 2 aromatic carbocycles. The molecule has 1 aliphatic rings. The molecule has 0 radical (unpaired) electrons. The maximum absolute atomic E-state index is 14.3. The van der Waals surface area contributed by atoms with Gasteiger partial charge in [0.05, 0.1) is 13.5 Å². The highest BCUT2D eigenvalue weighted by Crippen LogP contribution is 2.31. The summed E-state index contributed by atoms with van der Waals surface area (Å²) in [5.41, 5.74) is 0.985. The number of thiophene rings is 1. The van der Waals surface area contributed by atoms with E-state index in [4.69, 9.17) is 4.74 Å². The number of amides is 2. The van der Waals surface area contributed by atoms with Crippen molar-refractivity contribution in [2.24, 2.45) is 0 Å². The lowest BCUT2D eigenvalue weighted by atomic mass is 9.94. The molecule has 1 saturated carbocycles. The quantitative estimate of drug-likeness (QED) is 0.453. The minimum absolute atomic E-state index is 0.0729. The molecule has 0 saturated heterocycles. The minimum atomic E-state index is -0.943. The second-order valence-electron chi connectivity index (χ2n) is 8.52. The summed E-state index contributed by atoms with van der Waals surface area (Å²) in [6.07, 6.45) is 5.28. The van der Waals surface area contributed by atoms with Gasteiger partial charge in [0.1, 0.15) is 17.6 Å². The van der Waals surface area contributed by atoms with Crippen LogP contribution in [0.5, 0.6) is 5.75 Å². The van der Waals surface area contributed by atoms with Crippen molar-refractivity contribution in [3.05, 3.63) is 82.3 Å². The molecule has 4 rings (SSSR count). The number of nitrogens with zero attached hydrogens (tertiary/aromatic N) is 1. The number of halogens is 1. The molecule has 0 bridgehead atoms. The summed E-state index contributed by atoms with van der Waals surface area (Å²) in [6, 6.07) is 15.9. The Morgan fingerprint density at radius 2 is 1.85 bits per heavy atom. The van der Waals surface area contributed by atoms with Gasteiger partial charge in [-0.25, -0.2) is 4.39 Å². The Hall–Kier alpha value is -3.19. The number of methoxy groups -OCH3 is 1. The zero-order valence-corrected chi connectivity index (χ0v) is 20.0. The number of hydrogen-bond acceptors (Lipinski definition) is 4. The number of ether oxygens (including phenoxy) is 1. The third-order valence-electron chi connectivity index (χ3n) is 6.15. The summed E-state index contributed by atoms with van der Waals surface area (Å²) in [4.78, 5) is 29.7. The van der Waals surface area contributed by atoms with E-state index in [0.29, 0.717) is 17.0 Å². The van der Waals surface area contributed by atoms with Crippen molar-refractivity contribution in [3.63, 3.8) is 0 Å². The van der Waals surface area contributed by atoms with Crippen LogP contribution in [0, 0.1) is 5.82 Å². The van der Waals surface area contributed by atoms with Crippen molar-refractivity contribution < 1.29 is 18.7 Å². The molecule has 1 N–H and O–H groups in total. The van der Waals surface area contributed by atoms with Crippen LogP contribution in [0.3, 0.4) is 0 Å². The summed E-state index contributed by atoms with van der Waals surface area (Å²) in [5.74, 6) is -0.349. The first kappa shape index (κ1) is 24.0. The van der Waals surface area contributed by atoms with E-state index in [1.54, 1.807) is 43.5 Å². The number of benzene rings is 2. The van der Waals surface area contributed by atoms with Gasteiger partial charge in [0.25, 0.3) is 0 Å². The van der Waals surface area contributed by atoms with Gasteiger partial charge >= 0.3 is 0 Å². The highest BCUT2D eigenvalue weighted by atomic mass is 32.1. The molecule has 1 aromatic heterocycles. The van der Waals surface area contributed by atoms with Crippen LogP contribution in [0.25, 0.3) is 0 Å². The van der Waals surface area contributed by atoms with Gasteiger partial charge in [0.15, 0.2) is 0 Å². The average Bonchev–Trinajstić information content (AvgIpc) is 3.36. The van der Waals surface area contributed by atoms with Crippen molar-refractivity contribution in [1.82, 2.24) is 5.32 Å². The Kier molecular flexibility index (Phi) is 7.95. The Morgan fingerprint density at radius 1 is 1.09 bits per heavy atom. The molecule has 0 unspecified atom stereocenters. The Morgan fingerprint density at radius 3 is 2.50 bits per heavy atom. The standard InChI is InChI=1S/C27H29FN2O3S/c1-33-23-14-12-19(13-15-23)26(27(32)29-21-8-3-2-4-9-21)30(22-10-5-7-20(28)17-22)25(31)18-24-11-6-16-34-24/h5-7,10-17,21,26H,2-4,8-9,18H2,1H3,(H,29,32)/t26-/m0/s1. The number of nitrogens with one attached hydrogen (secondary N) is 1. The van der Waals surface area contributed by atoms with Crippen molar-refractivity contribution in [2.75, 3.05) is 12.0 Å². The summed E-state index contributed by atoms with van der Waals surface area (Å²) in [7, 11) is 1.58. The second kappa shape index (κ2) is 11.3. The van der Waals surface area contributed by atoms with E-state index in [2.05, 4.69) is 5.32 Å². The fraction of sp³-hybridized carbons (Fsp3) is 0.333. The molecule has 1 heterocycles. The van der Waals surface area contributed by atoms with Crippen LogP contribution < -0.4 is 15.0 Å². The second-order valence-corrected chi connectivity index (χ2v) is 9.55. The maximum atomic E-state index is 14.3. The van der Waals surface area contributed by atoms with Crippen molar-refractivity contribution >= 4 is 28.8 Å². The number of rotatable bonds is 8. The highest BCUT2D eigenvalue weighted by Gasteiger charge is 2.34. The number of carbonyl (C=O) groups is 2. The van der Waals surface area contributed by atoms with E-state index >= 15 is 0 Å². The summed E-state index contributed by atoms with van der Waals surface area (Å²) in [6.45, 7) is 0. The predicted molar refractivity (Wildman–Crippen MR) is 133 cm³/mol. The number of hydrogen-bond donors (Lipinski definition) is 1. The largest absolute Gasteiger partial charge is 0.497 e. The molecule has 2 amide bonds. The van der Waals surface area contributed by atoms with Gasteiger partial charge < -0.3 is 10.1 Å². The minimum Gasteiger partial charge on any atom is -0.497 e. The summed E-state index contributed by atoms with van der Waals surface area (Å²) < 4.78 is 19.5. The molecular formula is C27H29FN2O3S. The summed E-state index contributed by atoms with van der Waals surface area (Å²) >= 11 is 1.48. The van der Waals surface area contributed by atoms with E-state index in [9.17, 15) is 14.0 Å². The van der Waals surface area contributed by atoms with E-state index < -0.39 is 11.9 Å². The molecule has 1 aliphatic carbocycles. The van der Waals surface area contributed by atoms with Gasteiger partial charge in [-0.2, -0.15) is 0 Å². The van der Waals surface area contributed by atoms with E-state index in [0.717, 1.165) is 30.6 Å². The molecule has 0 aliphatic heterocycles. The van der Waals surface area contributed by atoms with Crippen LogP contribution in [0.4, 0.5) is 10.1 Å². The topological polar surface area (TPSA) is 58.6 Å². The third kappa shape index (κ3) is 5.83. The van der Waals surface area contributed by atoms with E-state index in [-0.39, 0.29) is 24.3 Å². The number of carbonyl (C=O) groups excluding carboxylic acids is 2. The maximum Gasteiger partial charge on any atom is 0.248 e. The normalized spacial score (nSPS) is 14.9. The first-order valence-corrected chi connectivity index (χ1v) is 12.5. The van der Waals surface area contributed by atoms with Crippen molar-refractivity contribution in [3.8, 4) is 5.75 Å². The smallest absolute Gasteiger partial charge is 0.248 e. The molecule has 3 aromatic rings. The van der Waals surface area contributed by atoms with Gasteiger partial charge in [-0.05, 0) is 60.2 Å². The average molecular weight is 481 g/mol. The molecule has 0 spiro atoms. The lowest BCUT2D eigenvalue weighted by Crippen LogP contribution is -2.47. The van der Waals surface area contributed by atoms with Crippen LogP contribution in [-0.4, -0.2) is 25.0 Å². The van der Waals surface area contributed by atoms with Crippen LogP contribution in [0.1, 0.15) is 48.6 Å². The molecule has 7 heteroatoms. The zero-order chi connectivity index (χ0) is 23.9. The highest BCUT2D eigenvalue weighted by molar-refractivity contribution is 7.10. The molecule has 1 fully saturated rings. The Balaban J connectivity index is 1.74. The fourth-order valence-electron chi connectivity index (χ4n) is 4.44. The van der Waals surface area contributed by atoms with Gasteiger partial charge in [-0.3, -0.25) is 14.5 Å². The molecule has 34 heavy (non-hydrogen) atoms. The van der Waals surface area contributed by atoms with Crippen LogP contribution >= 0.6 is 11.3 Å². The van der Waals surface area contributed by atoms with Gasteiger partial charge in [-0.15, -0.1) is 11.3 Å². The molecule has 1 atom stereocenters. The fourth-order valence-corrected chi connectivity index (χ4v) is 5.14. The van der Waals surface area contributed by atoms with Crippen LogP contribution in [0.15, 0.2) is 66.0 Å². The first-order valence-electron chi connectivity index (χ1n) is 11.6. The molecule has 178 valence electrons. The van der Waals surface area contributed by atoms with Crippen LogP contribution in [0.2, 0.25) is 0 Å². The first-order chi connectivity index (χ1) is 16.5. The van der Waals surface area contributed by atoms with Crippen molar-refractivity contribution in [1.29, 1.82) is 0 Å². The van der Waals surface area contributed by atoms with Crippen LogP contribution in [-0.2, 0) is 16.0 Å². The van der Waals surface area contributed by atoms with Crippen molar-refractivity contribution in [2.45, 2.75) is 50.6 Å². The van der Waals surface area contributed by atoms with Gasteiger partial charge in [0.2, 0.25) is 11.8 Å². The molecular weight excluding hydrogens is 451 g/mol. The molecule has 5 nitrogen and oxygen atoms in total. The Bertz CT molecular complexity index is 1100. The van der Waals surface area contributed by atoms with E-state index in [1.807, 2.05) is 17.5 Å². The van der Waals surface area contributed by atoms with Gasteiger partial charge in [0, 0.05) is 16.6 Å². The monoisotopic (exact) mass is 480 g/mol. The SMILES string of the molecule is COc1ccc([C@@H](C(=O)NC2CCCCC2)N(C(=O)Cc2cccs2)c2cccc(F)c2)cc1. The zero-order valence-electron chi connectivity index (χ0n) is 19.2. The van der Waals surface area contributed by atoms with Gasteiger partial charge in [-0.1, -0.05) is 43.5 Å². The lowest BCUT2D eigenvalue weighted by Gasteiger charge is -2.33. The predicted octanol–water partition coefficient (Wildman–Crippen LogP) is 5.66. The summed E-state index contributed by atoms with van der Waals surface area (Å²) in [5, 5.41) is 5.08. The number of anilines is 1. The third-order valence-corrected chi connectivity index (χ3v) is 7.03.